The number of ether oxygens (including phenoxy) is 1. The molecule has 0 aromatic heterocycles. The Bertz CT molecular complexity index is 594. The number of carbonyl (C=O) groups is 2. The Labute approximate surface area is 124 Å². The normalized spacial score (nSPS) is 11.7. The molecular weight excluding hydrogens is 303 g/mol. The van der Waals surface area contributed by atoms with Gasteiger partial charge in [0.1, 0.15) is 0 Å². The van der Waals surface area contributed by atoms with Crippen molar-refractivity contribution >= 4 is 17.7 Å². The van der Waals surface area contributed by atoms with Gasteiger partial charge in [0, 0.05) is 11.1 Å². The standard InChI is InChI=1S/C14H12F3NO4/c1-9(2)13(20)21-8-11(19)22-18-12(14(15,16)17)10-6-4-3-5-7-10/h3-7H,1,8H2,2H3/b18-12+. The number of nitrogens with zero attached hydrogens (tertiary/aromatic N) is 1. The highest BCUT2D eigenvalue weighted by atomic mass is 19.4. The second-order valence-electron chi connectivity index (χ2n) is 4.12. The summed E-state index contributed by atoms with van der Waals surface area (Å²) in [5.74, 6) is -2.10. The Morgan fingerprint density at radius 2 is 1.82 bits per heavy atom. The van der Waals surface area contributed by atoms with Crippen molar-refractivity contribution in [2.45, 2.75) is 13.1 Å². The molecule has 0 heterocycles. The predicted octanol–water partition coefficient (Wildman–Crippen LogP) is 2.62. The first-order valence-electron chi connectivity index (χ1n) is 5.95. The monoisotopic (exact) mass is 315 g/mol. The van der Waals surface area contributed by atoms with Crippen LogP contribution < -0.4 is 0 Å². The lowest BCUT2D eigenvalue weighted by Crippen LogP contribution is -2.25. The summed E-state index contributed by atoms with van der Waals surface area (Å²) < 4.78 is 43.0. The van der Waals surface area contributed by atoms with Crippen LogP contribution in [0.15, 0.2) is 47.6 Å². The first kappa shape index (κ1) is 17.4. The van der Waals surface area contributed by atoms with Gasteiger partial charge in [0.2, 0.25) is 0 Å². The van der Waals surface area contributed by atoms with Gasteiger partial charge in [-0.15, -0.1) is 0 Å². The summed E-state index contributed by atoms with van der Waals surface area (Å²) in [6, 6.07) is 6.63. The van der Waals surface area contributed by atoms with Crippen LogP contribution in [0.3, 0.4) is 0 Å². The fraction of sp³-hybridized carbons (Fsp3) is 0.214. The minimum absolute atomic E-state index is 0.0385. The van der Waals surface area contributed by atoms with Gasteiger partial charge in [0.25, 0.3) is 0 Å². The van der Waals surface area contributed by atoms with E-state index < -0.39 is 30.4 Å². The van der Waals surface area contributed by atoms with E-state index in [4.69, 9.17) is 0 Å². The zero-order chi connectivity index (χ0) is 16.8. The Hall–Kier alpha value is -2.64. The predicted molar refractivity (Wildman–Crippen MR) is 70.9 cm³/mol. The highest BCUT2D eigenvalue weighted by Crippen LogP contribution is 2.22. The van der Waals surface area contributed by atoms with Crippen LogP contribution in [0, 0.1) is 0 Å². The van der Waals surface area contributed by atoms with E-state index in [0.29, 0.717) is 0 Å². The number of carbonyl (C=O) groups excluding carboxylic acids is 2. The van der Waals surface area contributed by atoms with Crippen LogP contribution >= 0.6 is 0 Å². The molecule has 0 fully saturated rings. The minimum Gasteiger partial charge on any atom is -0.450 e. The van der Waals surface area contributed by atoms with Crippen LogP contribution in [-0.2, 0) is 19.2 Å². The van der Waals surface area contributed by atoms with Crippen LogP contribution in [-0.4, -0.2) is 30.4 Å². The van der Waals surface area contributed by atoms with Crippen LogP contribution in [0.1, 0.15) is 12.5 Å². The lowest BCUT2D eigenvalue weighted by molar-refractivity contribution is -0.156. The molecular formula is C14H12F3NO4. The summed E-state index contributed by atoms with van der Waals surface area (Å²) in [5, 5.41) is 2.82. The average Bonchev–Trinajstić information content (AvgIpc) is 2.44. The number of benzene rings is 1. The van der Waals surface area contributed by atoms with E-state index in [1.54, 1.807) is 0 Å². The quantitative estimate of drug-likeness (QED) is 0.275. The number of esters is 1. The van der Waals surface area contributed by atoms with Gasteiger partial charge in [0.15, 0.2) is 12.3 Å². The van der Waals surface area contributed by atoms with Gasteiger partial charge in [-0.2, -0.15) is 13.2 Å². The fourth-order valence-corrected chi connectivity index (χ4v) is 1.23. The number of rotatable bonds is 5. The largest absolute Gasteiger partial charge is 0.450 e. The molecule has 0 aliphatic carbocycles. The van der Waals surface area contributed by atoms with E-state index >= 15 is 0 Å². The molecule has 1 aromatic carbocycles. The summed E-state index contributed by atoms with van der Waals surface area (Å²) in [6.45, 7) is 3.76. The van der Waals surface area contributed by atoms with Crippen LogP contribution in [0.5, 0.6) is 0 Å². The molecule has 118 valence electrons. The van der Waals surface area contributed by atoms with Gasteiger partial charge in [-0.05, 0) is 6.92 Å². The molecule has 0 N–H and O–H groups in total. The molecule has 0 aliphatic rings. The summed E-state index contributed by atoms with van der Waals surface area (Å²) in [6.07, 6.45) is -4.81. The van der Waals surface area contributed by atoms with Crippen molar-refractivity contribution in [2.24, 2.45) is 5.16 Å². The maximum atomic E-state index is 12.9. The zero-order valence-corrected chi connectivity index (χ0v) is 11.5. The number of hydrogen-bond acceptors (Lipinski definition) is 5. The Balaban J connectivity index is 2.77. The molecule has 1 aromatic rings. The molecule has 0 saturated heterocycles. The van der Waals surface area contributed by atoms with E-state index in [1.807, 2.05) is 0 Å². The van der Waals surface area contributed by atoms with Crippen molar-refractivity contribution in [3.05, 3.63) is 48.0 Å². The van der Waals surface area contributed by atoms with Crippen LogP contribution in [0.25, 0.3) is 0 Å². The fourth-order valence-electron chi connectivity index (χ4n) is 1.23. The van der Waals surface area contributed by atoms with Gasteiger partial charge in [-0.25, -0.2) is 9.59 Å². The lowest BCUT2D eigenvalue weighted by Gasteiger charge is -2.09. The van der Waals surface area contributed by atoms with Gasteiger partial charge in [-0.3, -0.25) is 0 Å². The third-order valence-corrected chi connectivity index (χ3v) is 2.22. The molecule has 8 heteroatoms. The average molecular weight is 315 g/mol. The van der Waals surface area contributed by atoms with Crippen molar-refractivity contribution in [3.8, 4) is 0 Å². The molecule has 0 saturated carbocycles. The number of alkyl halides is 3. The maximum Gasteiger partial charge on any atom is 0.437 e. The minimum atomic E-state index is -4.81. The first-order chi connectivity index (χ1) is 10.2. The summed E-state index contributed by atoms with van der Waals surface area (Å²) in [7, 11) is 0. The van der Waals surface area contributed by atoms with Crippen molar-refractivity contribution in [3.63, 3.8) is 0 Å². The third kappa shape index (κ3) is 5.39. The Morgan fingerprint density at radius 1 is 1.23 bits per heavy atom. The molecule has 0 spiro atoms. The summed E-state index contributed by atoms with van der Waals surface area (Å²) in [4.78, 5) is 26.4. The van der Waals surface area contributed by atoms with Gasteiger partial charge >= 0.3 is 18.1 Å². The second-order valence-corrected chi connectivity index (χ2v) is 4.12. The van der Waals surface area contributed by atoms with Gasteiger partial charge < -0.3 is 9.57 Å². The summed E-state index contributed by atoms with van der Waals surface area (Å²) >= 11 is 0. The molecule has 22 heavy (non-hydrogen) atoms. The van der Waals surface area contributed by atoms with E-state index in [2.05, 4.69) is 21.3 Å². The molecule has 0 atom stereocenters. The first-order valence-corrected chi connectivity index (χ1v) is 5.95. The molecule has 0 amide bonds. The van der Waals surface area contributed by atoms with E-state index in [0.717, 1.165) is 0 Å². The topological polar surface area (TPSA) is 65.0 Å². The molecule has 0 radical (unpaired) electrons. The lowest BCUT2D eigenvalue weighted by atomic mass is 10.1. The Kier molecular flexibility index (Phi) is 5.85. The second kappa shape index (κ2) is 7.39. The van der Waals surface area contributed by atoms with E-state index in [-0.39, 0.29) is 11.1 Å². The maximum absolute atomic E-state index is 12.9. The molecule has 0 unspecified atom stereocenters. The number of halogens is 3. The molecule has 0 bridgehead atoms. The van der Waals surface area contributed by atoms with Crippen molar-refractivity contribution < 1.29 is 32.3 Å². The van der Waals surface area contributed by atoms with Crippen LogP contribution in [0.4, 0.5) is 13.2 Å². The molecule has 1 rings (SSSR count). The van der Waals surface area contributed by atoms with Gasteiger partial charge in [0.05, 0.1) is 0 Å². The highest BCUT2D eigenvalue weighted by molar-refractivity contribution is 6.04. The smallest absolute Gasteiger partial charge is 0.437 e. The summed E-state index contributed by atoms with van der Waals surface area (Å²) in [5.41, 5.74) is -1.59. The van der Waals surface area contributed by atoms with Crippen LogP contribution in [0.2, 0.25) is 0 Å². The molecule has 5 nitrogen and oxygen atoms in total. The molecule has 0 aliphatic heterocycles. The third-order valence-electron chi connectivity index (χ3n) is 2.22. The zero-order valence-electron chi connectivity index (χ0n) is 11.5. The Morgan fingerprint density at radius 3 is 2.32 bits per heavy atom. The van der Waals surface area contributed by atoms with Crippen molar-refractivity contribution in [1.82, 2.24) is 0 Å². The van der Waals surface area contributed by atoms with E-state index in [1.165, 1.54) is 37.3 Å². The SMILES string of the molecule is C=C(C)C(=O)OCC(=O)O/N=C(\c1ccccc1)C(F)(F)F. The highest BCUT2D eigenvalue weighted by Gasteiger charge is 2.38. The van der Waals surface area contributed by atoms with Crippen molar-refractivity contribution in [2.75, 3.05) is 6.61 Å². The number of oxime groups is 1. The van der Waals surface area contributed by atoms with Gasteiger partial charge in [-0.1, -0.05) is 42.1 Å². The van der Waals surface area contributed by atoms with E-state index in [9.17, 15) is 22.8 Å². The van der Waals surface area contributed by atoms with Crippen molar-refractivity contribution in [1.29, 1.82) is 0 Å². The number of hydrogen-bond donors (Lipinski definition) is 0.